The van der Waals surface area contributed by atoms with Crippen LogP contribution in [0.2, 0.25) is 0 Å². The van der Waals surface area contributed by atoms with Crippen LogP contribution in [-0.2, 0) is 29.2 Å². The highest BCUT2D eigenvalue weighted by Crippen LogP contribution is 2.71. The van der Waals surface area contributed by atoms with E-state index in [-0.39, 0.29) is 17.6 Å². The zero-order valence-corrected chi connectivity index (χ0v) is 22.4. The minimum Gasteiger partial charge on any atom is -0.504 e. The highest BCUT2D eigenvalue weighted by Gasteiger charge is 2.81. The van der Waals surface area contributed by atoms with Crippen LogP contribution in [0.4, 0.5) is 0 Å². The normalized spacial score (nSPS) is 34.0. The lowest BCUT2D eigenvalue weighted by molar-refractivity contribution is -0.328. The van der Waals surface area contributed by atoms with Crippen LogP contribution in [0.25, 0.3) is 6.08 Å². The van der Waals surface area contributed by atoms with Gasteiger partial charge in [0, 0.05) is 37.7 Å². The summed E-state index contributed by atoms with van der Waals surface area (Å²) in [5.41, 5.74) is 0.854. The van der Waals surface area contributed by atoms with Gasteiger partial charge in [0.15, 0.2) is 23.0 Å². The summed E-state index contributed by atoms with van der Waals surface area (Å²) in [5, 5.41) is 25.2. The summed E-state index contributed by atoms with van der Waals surface area (Å²) in [5.74, 6) is -1.11. The number of hydrogen-bond donors (Lipinski definition) is 3. The van der Waals surface area contributed by atoms with Gasteiger partial charge in [0.05, 0.1) is 25.9 Å². The molecule has 2 saturated heterocycles. The molecule has 3 fully saturated rings. The van der Waals surface area contributed by atoms with E-state index in [1.165, 1.54) is 26.4 Å². The third kappa shape index (κ3) is 3.32. The van der Waals surface area contributed by atoms with Gasteiger partial charge in [-0.3, -0.25) is 0 Å². The number of nitrogens with one attached hydrogen (secondary N) is 1. The van der Waals surface area contributed by atoms with Gasteiger partial charge in [-0.25, -0.2) is 4.79 Å². The molecule has 10 heteroatoms. The van der Waals surface area contributed by atoms with Gasteiger partial charge in [-0.15, -0.1) is 0 Å². The molecule has 2 aliphatic carbocycles. The number of fused-ring (bicyclic) bond motifs is 3. The van der Waals surface area contributed by atoms with Gasteiger partial charge in [-0.05, 0) is 54.8 Å². The van der Waals surface area contributed by atoms with Crippen LogP contribution in [-0.4, -0.2) is 74.7 Å². The Morgan fingerprint density at radius 1 is 1.08 bits per heavy atom. The summed E-state index contributed by atoms with van der Waals surface area (Å²) < 4.78 is 35.5. The SMILES string of the molecule is COc1ccc(/C=C/C(=O)O[C@H]2C[C@]34CCN[C@@]35C[C@H](O[C@@]5(OC)[C@@H]2OC)c2ccc(OC)c(O)c24)cc1O. The molecule has 6 rings (SSSR count). The minimum atomic E-state index is -1.28. The van der Waals surface area contributed by atoms with Crippen molar-refractivity contribution in [2.75, 3.05) is 35.0 Å². The smallest absolute Gasteiger partial charge is 0.331 e. The van der Waals surface area contributed by atoms with Gasteiger partial charge in [-0.2, -0.15) is 0 Å². The highest BCUT2D eigenvalue weighted by molar-refractivity contribution is 5.87. The number of rotatable bonds is 7. The maximum atomic E-state index is 13.1. The molecule has 0 radical (unpaired) electrons. The van der Waals surface area contributed by atoms with Gasteiger partial charge < -0.3 is 44.0 Å². The van der Waals surface area contributed by atoms with E-state index < -0.39 is 34.9 Å². The van der Waals surface area contributed by atoms with Crippen molar-refractivity contribution in [3.63, 3.8) is 0 Å². The van der Waals surface area contributed by atoms with Crippen LogP contribution >= 0.6 is 0 Å². The highest BCUT2D eigenvalue weighted by atomic mass is 16.7. The Kier molecular flexibility index (Phi) is 6.07. The van der Waals surface area contributed by atoms with Crippen molar-refractivity contribution in [3.05, 3.63) is 53.1 Å². The average Bonchev–Trinajstić information content (AvgIpc) is 3.48. The fourth-order valence-electron chi connectivity index (χ4n) is 7.70. The predicted molar refractivity (Wildman–Crippen MR) is 139 cm³/mol. The molecule has 208 valence electrons. The van der Waals surface area contributed by atoms with Crippen molar-refractivity contribution >= 4 is 12.0 Å². The molecule has 0 amide bonds. The molecule has 1 saturated carbocycles. The molecule has 2 aromatic carbocycles. The first-order chi connectivity index (χ1) is 18.8. The Bertz CT molecular complexity index is 1340. The number of ether oxygens (including phenoxy) is 6. The summed E-state index contributed by atoms with van der Waals surface area (Å²) in [7, 11) is 6.13. The van der Waals surface area contributed by atoms with Crippen LogP contribution in [0.3, 0.4) is 0 Å². The number of methoxy groups -OCH3 is 4. The Labute approximate surface area is 226 Å². The summed E-state index contributed by atoms with van der Waals surface area (Å²) in [6.07, 6.45) is 2.70. The summed E-state index contributed by atoms with van der Waals surface area (Å²) in [6, 6.07) is 8.52. The molecule has 10 nitrogen and oxygen atoms in total. The Morgan fingerprint density at radius 3 is 2.54 bits per heavy atom. The van der Waals surface area contributed by atoms with Crippen LogP contribution in [0, 0.1) is 0 Å². The molecule has 0 unspecified atom stereocenters. The van der Waals surface area contributed by atoms with Crippen molar-refractivity contribution in [1.29, 1.82) is 0 Å². The Hall–Kier alpha value is -3.31. The number of esters is 1. The van der Waals surface area contributed by atoms with E-state index in [0.717, 1.165) is 11.1 Å². The van der Waals surface area contributed by atoms with Gasteiger partial charge in [0.1, 0.15) is 12.2 Å². The summed E-state index contributed by atoms with van der Waals surface area (Å²) in [4.78, 5) is 13.1. The van der Waals surface area contributed by atoms with E-state index >= 15 is 0 Å². The topological polar surface area (TPSA) is 125 Å². The average molecular weight is 540 g/mol. The van der Waals surface area contributed by atoms with Gasteiger partial charge in [0.25, 0.3) is 0 Å². The first-order valence-corrected chi connectivity index (χ1v) is 13.0. The lowest BCUT2D eigenvalue weighted by Crippen LogP contribution is -2.78. The third-order valence-electron chi connectivity index (χ3n) is 9.12. The number of carbonyl (C=O) groups is 1. The monoisotopic (exact) mass is 539 g/mol. The molecule has 2 aromatic rings. The fourth-order valence-corrected chi connectivity index (χ4v) is 7.70. The first-order valence-electron chi connectivity index (χ1n) is 13.0. The Morgan fingerprint density at radius 2 is 1.85 bits per heavy atom. The maximum absolute atomic E-state index is 13.1. The van der Waals surface area contributed by atoms with Crippen molar-refractivity contribution in [2.45, 2.75) is 54.3 Å². The molecule has 2 bridgehead atoms. The molecular formula is C29H33NO9. The van der Waals surface area contributed by atoms with E-state index in [1.54, 1.807) is 38.5 Å². The number of phenols is 2. The lowest BCUT2D eigenvalue weighted by atomic mass is 9.50. The van der Waals surface area contributed by atoms with Crippen molar-refractivity contribution in [3.8, 4) is 23.0 Å². The second-order valence-electron chi connectivity index (χ2n) is 10.5. The predicted octanol–water partition coefficient (Wildman–Crippen LogP) is 2.95. The van der Waals surface area contributed by atoms with Crippen LogP contribution in [0.15, 0.2) is 36.4 Å². The van der Waals surface area contributed by atoms with Crippen molar-refractivity contribution in [2.24, 2.45) is 0 Å². The van der Waals surface area contributed by atoms with Crippen molar-refractivity contribution < 1.29 is 43.4 Å². The number of phenolic OH excluding ortho intramolecular Hbond substituents is 2. The molecule has 0 aromatic heterocycles. The third-order valence-corrected chi connectivity index (χ3v) is 9.12. The minimum absolute atomic E-state index is 0.0333. The van der Waals surface area contributed by atoms with Crippen molar-refractivity contribution in [1.82, 2.24) is 5.32 Å². The quantitative estimate of drug-likeness (QED) is 0.357. The molecule has 1 spiro atoms. The second-order valence-corrected chi connectivity index (χ2v) is 10.5. The molecule has 4 aliphatic rings. The zero-order chi connectivity index (χ0) is 27.6. The van der Waals surface area contributed by atoms with Gasteiger partial charge in [-0.1, -0.05) is 12.1 Å². The number of hydrogen-bond acceptors (Lipinski definition) is 10. The fraction of sp³-hybridized carbons (Fsp3) is 0.483. The number of benzene rings is 2. The molecular weight excluding hydrogens is 506 g/mol. The van der Waals surface area contributed by atoms with E-state index in [9.17, 15) is 15.0 Å². The van der Waals surface area contributed by atoms with E-state index in [1.807, 2.05) is 6.07 Å². The van der Waals surface area contributed by atoms with Gasteiger partial charge >= 0.3 is 5.97 Å². The van der Waals surface area contributed by atoms with E-state index in [0.29, 0.717) is 42.9 Å². The van der Waals surface area contributed by atoms with Crippen LogP contribution < -0.4 is 14.8 Å². The van der Waals surface area contributed by atoms with Crippen LogP contribution in [0.1, 0.15) is 42.1 Å². The molecule has 2 aliphatic heterocycles. The molecule has 6 atom stereocenters. The molecule has 2 heterocycles. The molecule has 3 N–H and O–H groups in total. The summed E-state index contributed by atoms with van der Waals surface area (Å²) in [6.45, 7) is 0.662. The zero-order valence-electron chi connectivity index (χ0n) is 22.4. The van der Waals surface area contributed by atoms with E-state index in [4.69, 9.17) is 28.4 Å². The largest absolute Gasteiger partial charge is 0.504 e. The van der Waals surface area contributed by atoms with E-state index in [2.05, 4.69) is 5.32 Å². The standard InChI is InChI=1S/C29H33NO9/c1-34-19-8-5-16(13-18(19)31)6-10-23(32)38-22-14-27-11-12-30-28(27)15-21(39-29(28,37-4)26(22)36-3)17-7-9-20(35-2)25(33)24(17)27/h5-10,13,21-22,26,30-31,33H,11-12,14-15H2,1-4H3/b10-6+/t21-,22-,26+,27-,28-,29-/m0/s1. The maximum Gasteiger partial charge on any atom is 0.331 e. The number of carbonyl (C=O) groups excluding carboxylic acids is 1. The summed E-state index contributed by atoms with van der Waals surface area (Å²) >= 11 is 0. The Balaban J connectivity index is 1.39. The number of aromatic hydroxyl groups is 2. The lowest BCUT2D eigenvalue weighted by Gasteiger charge is -2.59. The molecule has 39 heavy (non-hydrogen) atoms. The first kappa shape index (κ1) is 25.9. The van der Waals surface area contributed by atoms with Gasteiger partial charge in [0.2, 0.25) is 5.79 Å². The van der Waals surface area contributed by atoms with Crippen LogP contribution in [0.5, 0.6) is 23.0 Å². The second kappa shape index (κ2) is 9.12.